The molecule has 0 N–H and O–H groups in total. The molecule has 0 aromatic heterocycles. The number of benzene rings is 1. The standard InChI is InChI=1S/C20H27N3O3/c1-15(2)13-21-9-11-22(12-10-21)20(26)17-5-3-16(4-6-17)14-23-18(24)7-8-19(23)25/h3-6,15H,7-14H2,1-2H3. The second-order valence-electron chi connectivity index (χ2n) is 7.56. The van der Waals surface area contributed by atoms with Gasteiger partial charge in [0.1, 0.15) is 0 Å². The van der Waals surface area contributed by atoms with Gasteiger partial charge in [0.05, 0.1) is 6.54 Å². The number of likely N-dealkylation sites (tertiary alicyclic amines) is 1. The van der Waals surface area contributed by atoms with Crippen LogP contribution in [0.5, 0.6) is 0 Å². The van der Waals surface area contributed by atoms with E-state index in [2.05, 4.69) is 18.7 Å². The molecule has 0 aliphatic carbocycles. The molecule has 1 aromatic rings. The number of amides is 3. The lowest BCUT2D eigenvalue weighted by Crippen LogP contribution is -2.49. The normalized spacial score (nSPS) is 18.9. The molecular weight excluding hydrogens is 330 g/mol. The summed E-state index contributed by atoms with van der Waals surface area (Å²) in [6.45, 7) is 9.13. The molecule has 0 radical (unpaired) electrons. The average molecular weight is 357 g/mol. The van der Waals surface area contributed by atoms with Gasteiger partial charge in [-0.05, 0) is 23.6 Å². The van der Waals surface area contributed by atoms with Gasteiger partial charge in [0, 0.05) is 51.1 Å². The van der Waals surface area contributed by atoms with E-state index in [-0.39, 0.29) is 17.7 Å². The van der Waals surface area contributed by atoms with Crippen LogP contribution in [0, 0.1) is 5.92 Å². The van der Waals surface area contributed by atoms with Crippen LogP contribution in [-0.4, -0.2) is 65.1 Å². The molecule has 0 unspecified atom stereocenters. The van der Waals surface area contributed by atoms with Gasteiger partial charge in [-0.25, -0.2) is 0 Å². The maximum Gasteiger partial charge on any atom is 0.253 e. The van der Waals surface area contributed by atoms with Gasteiger partial charge in [0.25, 0.3) is 5.91 Å². The molecule has 26 heavy (non-hydrogen) atoms. The summed E-state index contributed by atoms with van der Waals surface area (Å²) in [7, 11) is 0. The third-order valence-corrected chi connectivity index (χ3v) is 4.98. The number of hydrogen-bond acceptors (Lipinski definition) is 4. The van der Waals surface area contributed by atoms with Gasteiger partial charge in [0.15, 0.2) is 0 Å². The maximum absolute atomic E-state index is 12.7. The first kappa shape index (κ1) is 18.6. The summed E-state index contributed by atoms with van der Waals surface area (Å²) in [6, 6.07) is 7.26. The van der Waals surface area contributed by atoms with Crippen LogP contribution in [0.1, 0.15) is 42.6 Å². The van der Waals surface area contributed by atoms with E-state index in [1.807, 2.05) is 17.0 Å². The summed E-state index contributed by atoms with van der Waals surface area (Å²) in [5.74, 6) is 0.456. The largest absolute Gasteiger partial charge is 0.336 e. The minimum absolute atomic E-state index is 0.0501. The van der Waals surface area contributed by atoms with Gasteiger partial charge < -0.3 is 4.90 Å². The summed E-state index contributed by atoms with van der Waals surface area (Å²) in [5.41, 5.74) is 1.53. The number of rotatable bonds is 5. The van der Waals surface area contributed by atoms with E-state index < -0.39 is 0 Å². The first-order valence-corrected chi connectivity index (χ1v) is 9.38. The lowest BCUT2D eigenvalue weighted by Gasteiger charge is -2.35. The highest BCUT2D eigenvalue weighted by atomic mass is 16.2. The fraction of sp³-hybridized carbons (Fsp3) is 0.550. The van der Waals surface area contributed by atoms with Gasteiger partial charge in [-0.2, -0.15) is 0 Å². The Bertz CT molecular complexity index is 660. The predicted octanol–water partition coefficient (Wildman–Crippen LogP) is 1.75. The van der Waals surface area contributed by atoms with Gasteiger partial charge in [-0.15, -0.1) is 0 Å². The van der Waals surface area contributed by atoms with Crippen molar-refractivity contribution in [3.05, 3.63) is 35.4 Å². The zero-order chi connectivity index (χ0) is 18.7. The van der Waals surface area contributed by atoms with E-state index in [1.54, 1.807) is 12.1 Å². The van der Waals surface area contributed by atoms with Crippen LogP contribution in [0.2, 0.25) is 0 Å². The van der Waals surface area contributed by atoms with Crippen molar-refractivity contribution >= 4 is 17.7 Å². The van der Waals surface area contributed by atoms with Crippen LogP contribution in [0.3, 0.4) is 0 Å². The maximum atomic E-state index is 12.7. The van der Waals surface area contributed by atoms with Crippen LogP contribution in [0.15, 0.2) is 24.3 Å². The molecule has 2 fully saturated rings. The van der Waals surface area contributed by atoms with Crippen molar-refractivity contribution in [3.63, 3.8) is 0 Å². The Balaban J connectivity index is 1.56. The number of carbonyl (C=O) groups is 3. The molecule has 2 aliphatic heterocycles. The fourth-order valence-electron chi connectivity index (χ4n) is 3.57. The molecule has 140 valence electrons. The first-order valence-electron chi connectivity index (χ1n) is 9.38. The van der Waals surface area contributed by atoms with Crippen molar-refractivity contribution in [3.8, 4) is 0 Å². The Morgan fingerprint density at radius 1 is 0.962 bits per heavy atom. The minimum Gasteiger partial charge on any atom is -0.336 e. The van der Waals surface area contributed by atoms with Crippen molar-refractivity contribution in [2.24, 2.45) is 5.92 Å². The lowest BCUT2D eigenvalue weighted by atomic mass is 10.1. The van der Waals surface area contributed by atoms with Gasteiger partial charge in [0.2, 0.25) is 11.8 Å². The Kier molecular flexibility index (Phi) is 5.71. The second kappa shape index (κ2) is 7.99. The molecule has 2 saturated heterocycles. The molecule has 6 heteroatoms. The van der Waals surface area contributed by atoms with Gasteiger partial charge in [-0.1, -0.05) is 26.0 Å². The summed E-state index contributed by atoms with van der Waals surface area (Å²) < 4.78 is 0. The third kappa shape index (κ3) is 4.30. The summed E-state index contributed by atoms with van der Waals surface area (Å²) in [4.78, 5) is 41.7. The molecule has 3 rings (SSSR count). The number of nitrogens with zero attached hydrogens (tertiary/aromatic N) is 3. The third-order valence-electron chi connectivity index (χ3n) is 4.98. The molecular formula is C20H27N3O3. The number of imide groups is 1. The van der Waals surface area contributed by atoms with E-state index in [1.165, 1.54) is 4.90 Å². The van der Waals surface area contributed by atoms with Gasteiger partial charge in [-0.3, -0.25) is 24.2 Å². The molecule has 0 bridgehead atoms. The molecule has 0 atom stereocenters. The Morgan fingerprint density at radius 2 is 1.54 bits per heavy atom. The number of hydrogen-bond donors (Lipinski definition) is 0. The number of carbonyl (C=O) groups excluding carboxylic acids is 3. The highest BCUT2D eigenvalue weighted by Crippen LogP contribution is 2.17. The molecule has 0 spiro atoms. The zero-order valence-corrected chi connectivity index (χ0v) is 15.6. The van der Waals surface area contributed by atoms with E-state index in [4.69, 9.17) is 0 Å². The van der Waals surface area contributed by atoms with Crippen LogP contribution in [0.25, 0.3) is 0 Å². The lowest BCUT2D eigenvalue weighted by molar-refractivity contribution is -0.139. The van der Waals surface area contributed by atoms with Crippen LogP contribution >= 0.6 is 0 Å². The summed E-state index contributed by atoms with van der Waals surface area (Å²) >= 11 is 0. The second-order valence-corrected chi connectivity index (χ2v) is 7.56. The number of piperazine rings is 1. The highest BCUT2D eigenvalue weighted by molar-refractivity contribution is 6.01. The molecule has 6 nitrogen and oxygen atoms in total. The van der Waals surface area contributed by atoms with Crippen LogP contribution < -0.4 is 0 Å². The average Bonchev–Trinajstić information content (AvgIpc) is 2.94. The van der Waals surface area contributed by atoms with Crippen molar-refractivity contribution < 1.29 is 14.4 Å². The smallest absolute Gasteiger partial charge is 0.253 e. The Hall–Kier alpha value is -2.21. The predicted molar refractivity (Wildman–Crippen MR) is 98.4 cm³/mol. The van der Waals surface area contributed by atoms with Crippen molar-refractivity contribution in [1.82, 2.24) is 14.7 Å². The van der Waals surface area contributed by atoms with Crippen molar-refractivity contribution in [1.29, 1.82) is 0 Å². The topological polar surface area (TPSA) is 60.9 Å². The highest BCUT2D eigenvalue weighted by Gasteiger charge is 2.28. The van der Waals surface area contributed by atoms with Crippen molar-refractivity contribution in [2.45, 2.75) is 33.2 Å². The van der Waals surface area contributed by atoms with E-state index in [9.17, 15) is 14.4 Å². The molecule has 3 amide bonds. The van der Waals surface area contributed by atoms with E-state index >= 15 is 0 Å². The zero-order valence-electron chi connectivity index (χ0n) is 15.6. The van der Waals surface area contributed by atoms with Gasteiger partial charge >= 0.3 is 0 Å². The summed E-state index contributed by atoms with van der Waals surface area (Å²) in [5, 5.41) is 0. The van der Waals surface area contributed by atoms with E-state index in [0.29, 0.717) is 30.9 Å². The Morgan fingerprint density at radius 3 is 2.08 bits per heavy atom. The minimum atomic E-state index is -0.116. The SMILES string of the molecule is CC(C)CN1CCN(C(=O)c2ccc(CN3C(=O)CCC3=O)cc2)CC1. The van der Waals surface area contributed by atoms with Crippen molar-refractivity contribution in [2.75, 3.05) is 32.7 Å². The molecule has 2 heterocycles. The van der Waals surface area contributed by atoms with Crippen LogP contribution in [0.4, 0.5) is 0 Å². The quantitative estimate of drug-likeness (QED) is 0.754. The first-order chi connectivity index (χ1) is 12.4. The van der Waals surface area contributed by atoms with Crippen LogP contribution in [-0.2, 0) is 16.1 Å². The fourth-order valence-corrected chi connectivity index (χ4v) is 3.57. The molecule has 1 aromatic carbocycles. The monoisotopic (exact) mass is 357 g/mol. The molecule has 2 aliphatic rings. The Labute approximate surface area is 154 Å². The van der Waals surface area contributed by atoms with E-state index in [0.717, 1.165) is 38.3 Å². The molecule has 0 saturated carbocycles. The summed E-state index contributed by atoms with van der Waals surface area (Å²) in [6.07, 6.45) is 0.608.